The monoisotopic (exact) mass is 327 g/mol. The van der Waals surface area contributed by atoms with Gasteiger partial charge < -0.3 is 4.90 Å². The van der Waals surface area contributed by atoms with Crippen LogP contribution in [0.25, 0.3) is 10.2 Å². The zero-order valence-corrected chi connectivity index (χ0v) is 14.6. The lowest BCUT2D eigenvalue weighted by atomic mass is 10.0. The van der Waals surface area contributed by atoms with E-state index in [9.17, 15) is 0 Å². The number of aryl methyl sites for hydroxylation is 3. The molecule has 1 aliphatic heterocycles. The number of rotatable bonds is 3. The molecule has 1 atom stereocenters. The minimum absolute atomic E-state index is 0.670. The van der Waals surface area contributed by atoms with Crippen molar-refractivity contribution in [2.45, 2.75) is 26.7 Å². The summed E-state index contributed by atoms with van der Waals surface area (Å²) in [4.78, 5) is 12.9. The Morgan fingerprint density at radius 2 is 2.17 bits per heavy atom. The van der Waals surface area contributed by atoms with Gasteiger partial charge >= 0.3 is 0 Å². The maximum atomic E-state index is 4.77. The van der Waals surface area contributed by atoms with Crippen LogP contribution in [0, 0.1) is 19.8 Å². The minimum Gasteiger partial charge on any atom is -0.356 e. The van der Waals surface area contributed by atoms with E-state index in [1.165, 1.54) is 22.9 Å². The number of hydrogen-bond acceptors (Lipinski definition) is 5. The van der Waals surface area contributed by atoms with Crippen LogP contribution in [0.2, 0.25) is 0 Å². The molecule has 23 heavy (non-hydrogen) atoms. The van der Waals surface area contributed by atoms with E-state index in [1.54, 1.807) is 11.3 Å². The summed E-state index contributed by atoms with van der Waals surface area (Å²) in [6.45, 7) is 6.28. The molecule has 0 aromatic carbocycles. The Labute approximate surface area is 140 Å². The molecule has 0 spiro atoms. The fraction of sp³-hybridized carbons (Fsp3) is 0.471. The molecule has 1 fully saturated rings. The van der Waals surface area contributed by atoms with Gasteiger partial charge in [0.15, 0.2) is 0 Å². The van der Waals surface area contributed by atoms with Gasteiger partial charge in [0, 0.05) is 26.3 Å². The molecule has 0 saturated carbocycles. The summed E-state index contributed by atoms with van der Waals surface area (Å²) in [5.74, 6) is 2.66. The fourth-order valence-electron chi connectivity index (χ4n) is 3.50. The predicted octanol–water partition coefficient (Wildman–Crippen LogP) is 3.11. The van der Waals surface area contributed by atoms with Crippen molar-refractivity contribution in [1.82, 2.24) is 19.7 Å². The van der Waals surface area contributed by atoms with Gasteiger partial charge in [-0.15, -0.1) is 11.3 Å². The smallest absolute Gasteiger partial charge is 0.141 e. The van der Waals surface area contributed by atoms with Crippen LogP contribution in [0.4, 0.5) is 5.82 Å². The molecule has 0 amide bonds. The molecular formula is C17H21N5S. The number of fused-ring (bicyclic) bond motifs is 1. The van der Waals surface area contributed by atoms with Crippen LogP contribution in [0.15, 0.2) is 17.8 Å². The van der Waals surface area contributed by atoms with E-state index < -0.39 is 0 Å². The van der Waals surface area contributed by atoms with E-state index >= 15 is 0 Å². The molecule has 4 rings (SSSR count). The van der Waals surface area contributed by atoms with Gasteiger partial charge in [-0.05, 0) is 49.1 Å². The Balaban J connectivity index is 1.59. The summed E-state index contributed by atoms with van der Waals surface area (Å²) >= 11 is 1.72. The third kappa shape index (κ3) is 2.72. The van der Waals surface area contributed by atoms with Crippen LogP contribution < -0.4 is 4.90 Å². The predicted molar refractivity (Wildman–Crippen MR) is 94.1 cm³/mol. The second-order valence-corrected chi connectivity index (χ2v) is 7.38. The first-order valence-electron chi connectivity index (χ1n) is 8.05. The lowest BCUT2D eigenvalue weighted by molar-refractivity contribution is 0.586. The van der Waals surface area contributed by atoms with Crippen LogP contribution >= 0.6 is 11.3 Å². The molecule has 0 N–H and O–H groups in total. The van der Waals surface area contributed by atoms with Crippen molar-refractivity contribution in [3.8, 4) is 0 Å². The Morgan fingerprint density at radius 3 is 2.96 bits per heavy atom. The standard InChI is InChI=1S/C17H21N5S/c1-11-10-23-17-15(11)16(19-12(2)20-17)22-5-4-13(9-22)6-14-7-18-21(3)8-14/h7-8,10,13H,4-6,9H2,1-3H3. The third-order valence-electron chi connectivity index (χ3n) is 4.58. The Hall–Kier alpha value is -1.95. The Morgan fingerprint density at radius 1 is 1.30 bits per heavy atom. The number of nitrogens with zero attached hydrogens (tertiary/aromatic N) is 5. The highest BCUT2D eigenvalue weighted by Gasteiger charge is 2.26. The van der Waals surface area contributed by atoms with Crippen molar-refractivity contribution in [1.29, 1.82) is 0 Å². The van der Waals surface area contributed by atoms with Gasteiger partial charge in [0.25, 0.3) is 0 Å². The quantitative estimate of drug-likeness (QED) is 0.741. The second kappa shape index (κ2) is 5.60. The van der Waals surface area contributed by atoms with Crippen LogP contribution in [0.3, 0.4) is 0 Å². The van der Waals surface area contributed by atoms with Crippen LogP contribution in [0.5, 0.6) is 0 Å². The molecule has 1 aliphatic rings. The summed E-state index contributed by atoms with van der Waals surface area (Å²) in [5, 5.41) is 7.70. The SMILES string of the molecule is Cc1nc(N2CCC(Cc3cnn(C)c3)C2)c2c(C)csc2n1. The molecule has 4 heterocycles. The number of aromatic nitrogens is 4. The highest BCUT2D eigenvalue weighted by atomic mass is 32.1. The normalized spacial score (nSPS) is 18.2. The lowest BCUT2D eigenvalue weighted by Crippen LogP contribution is -2.22. The maximum Gasteiger partial charge on any atom is 0.141 e. The molecule has 120 valence electrons. The Bertz CT molecular complexity index is 850. The largest absolute Gasteiger partial charge is 0.356 e. The van der Waals surface area contributed by atoms with E-state index in [0.29, 0.717) is 5.92 Å². The van der Waals surface area contributed by atoms with Crippen molar-refractivity contribution in [3.63, 3.8) is 0 Å². The highest BCUT2D eigenvalue weighted by molar-refractivity contribution is 7.17. The molecule has 0 aliphatic carbocycles. The summed E-state index contributed by atoms with van der Waals surface area (Å²) < 4.78 is 1.88. The zero-order chi connectivity index (χ0) is 16.0. The second-order valence-electron chi connectivity index (χ2n) is 6.52. The van der Waals surface area contributed by atoms with E-state index in [1.807, 2.05) is 24.9 Å². The van der Waals surface area contributed by atoms with Gasteiger partial charge in [-0.25, -0.2) is 9.97 Å². The molecule has 0 radical (unpaired) electrons. The first kappa shape index (κ1) is 14.6. The van der Waals surface area contributed by atoms with Crippen molar-refractivity contribution in [2.24, 2.45) is 13.0 Å². The molecular weight excluding hydrogens is 306 g/mol. The Kier molecular flexibility index (Phi) is 3.56. The molecule has 5 nitrogen and oxygen atoms in total. The van der Waals surface area contributed by atoms with Gasteiger partial charge in [0.2, 0.25) is 0 Å². The zero-order valence-electron chi connectivity index (χ0n) is 13.8. The highest BCUT2D eigenvalue weighted by Crippen LogP contribution is 2.34. The summed E-state index contributed by atoms with van der Waals surface area (Å²) in [6.07, 6.45) is 6.42. The molecule has 6 heteroatoms. The van der Waals surface area contributed by atoms with Gasteiger partial charge in [0.1, 0.15) is 16.5 Å². The minimum atomic E-state index is 0.670. The first-order valence-corrected chi connectivity index (χ1v) is 8.93. The number of hydrogen-bond donors (Lipinski definition) is 0. The van der Waals surface area contributed by atoms with E-state index in [2.05, 4.69) is 33.5 Å². The van der Waals surface area contributed by atoms with E-state index in [0.717, 1.165) is 36.0 Å². The van der Waals surface area contributed by atoms with Crippen molar-refractivity contribution in [2.75, 3.05) is 18.0 Å². The van der Waals surface area contributed by atoms with E-state index in [-0.39, 0.29) is 0 Å². The van der Waals surface area contributed by atoms with Crippen molar-refractivity contribution < 1.29 is 0 Å². The third-order valence-corrected chi connectivity index (χ3v) is 5.57. The molecule has 0 bridgehead atoms. The van der Waals surface area contributed by atoms with Gasteiger partial charge in [-0.3, -0.25) is 4.68 Å². The average Bonchev–Trinajstić information content (AvgIpc) is 3.21. The van der Waals surface area contributed by atoms with Gasteiger partial charge in [-0.2, -0.15) is 5.10 Å². The molecule has 3 aromatic rings. The first-order chi connectivity index (χ1) is 11.1. The van der Waals surface area contributed by atoms with Gasteiger partial charge in [0.05, 0.1) is 11.6 Å². The lowest BCUT2D eigenvalue weighted by Gasteiger charge is -2.19. The van der Waals surface area contributed by atoms with Crippen molar-refractivity contribution in [3.05, 3.63) is 34.7 Å². The van der Waals surface area contributed by atoms with Crippen molar-refractivity contribution >= 4 is 27.4 Å². The topological polar surface area (TPSA) is 46.8 Å². The van der Waals surface area contributed by atoms with Crippen LogP contribution in [-0.2, 0) is 13.5 Å². The maximum absolute atomic E-state index is 4.77. The molecule has 3 aromatic heterocycles. The fourth-order valence-corrected chi connectivity index (χ4v) is 4.46. The summed E-state index contributed by atoms with van der Waals surface area (Å²) in [5.41, 5.74) is 2.62. The molecule has 1 saturated heterocycles. The number of anilines is 1. The van der Waals surface area contributed by atoms with E-state index in [4.69, 9.17) is 4.98 Å². The summed E-state index contributed by atoms with van der Waals surface area (Å²) in [7, 11) is 1.98. The van der Waals surface area contributed by atoms with Crippen LogP contribution in [0.1, 0.15) is 23.4 Å². The molecule has 1 unspecified atom stereocenters. The van der Waals surface area contributed by atoms with Gasteiger partial charge in [-0.1, -0.05) is 0 Å². The van der Waals surface area contributed by atoms with Crippen LogP contribution in [-0.4, -0.2) is 32.8 Å². The average molecular weight is 327 g/mol. The number of thiophene rings is 1. The summed E-state index contributed by atoms with van der Waals surface area (Å²) in [6, 6.07) is 0.